The third-order valence-electron chi connectivity index (χ3n) is 3.25. The van der Waals surface area contributed by atoms with Gasteiger partial charge in [0.1, 0.15) is 5.75 Å². The Morgan fingerprint density at radius 3 is 2.82 bits per heavy atom. The van der Waals surface area contributed by atoms with Crippen molar-refractivity contribution < 1.29 is 9.53 Å². The fourth-order valence-corrected chi connectivity index (χ4v) is 1.68. The van der Waals surface area contributed by atoms with Crippen LogP contribution >= 0.6 is 0 Å². The zero-order valence-corrected chi connectivity index (χ0v) is 10.2. The number of rotatable bonds is 4. The van der Waals surface area contributed by atoms with Crippen molar-refractivity contribution in [3.8, 4) is 5.75 Å². The summed E-state index contributed by atoms with van der Waals surface area (Å²) in [5, 5.41) is 2.93. The van der Waals surface area contributed by atoms with Gasteiger partial charge in [0, 0.05) is 12.2 Å². The smallest absolute Gasteiger partial charge is 0.255 e. The van der Waals surface area contributed by atoms with Crippen LogP contribution < -0.4 is 15.8 Å². The van der Waals surface area contributed by atoms with Gasteiger partial charge in [-0.3, -0.25) is 4.79 Å². The van der Waals surface area contributed by atoms with E-state index >= 15 is 0 Å². The van der Waals surface area contributed by atoms with Gasteiger partial charge >= 0.3 is 0 Å². The van der Waals surface area contributed by atoms with Crippen molar-refractivity contribution in [2.45, 2.75) is 19.8 Å². The molecule has 92 valence electrons. The molecule has 4 heteroatoms. The minimum Gasteiger partial charge on any atom is -0.496 e. The monoisotopic (exact) mass is 234 g/mol. The molecule has 3 N–H and O–H groups in total. The lowest BCUT2D eigenvalue weighted by atomic mass is 10.1. The Labute approximate surface area is 101 Å². The molecular formula is C13H18N2O2. The fraction of sp³-hybridized carbons (Fsp3) is 0.462. The normalized spacial score (nSPS) is 16.4. The highest BCUT2D eigenvalue weighted by Crippen LogP contribution is 2.44. The third kappa shape index (κ3) is 2.70. The number of amides is 1. The number of nitrogen functional groups attached to an aromatic ring is 1. The molecule has 1 aromatic carbocycles. The largest absolute Gasteiger partial charge is 0.496 e. The molecule has 4 nitrogen and oxygen atoms in total. The van der Waals surface area contributed by atoms with Crippen LogP contribution in [0.1, 0.15) is 30.1 Å². The van der Waals surface area contributed by atoms with Crippen LogP contribution in [0.15, 0.2) is 18.2 Å². The molecule has 1 aromatic rings. The number of carbonyl (C=O) groups is 1. The van der Waals surface area contributed by atoms with Crippen molar-refractivity contribution in [3.05, 3.63) is 23.8 Å². The minimum atomic E-state index is -0.123. The Hall–Kier alpha value is -1.71. The standard InChI is InChI=1S/C13H18N2O2/c1-13(5-6-13)8-15-12(16)10-7-9(14)3-4-11(10)17-2/h3-4,7H,5-6,8,14H2,1-2H3,(H,15,16). The molecule has 1 amide bonds. The second-order valence-electron chi connectivity index (χ2n) is 4.95. The third-order valence-corrected chi connectivity index (χ3v) is 3.25. The van der Waals surface area contributed by atoms with E-state index in [1.807, 2.05) is 0 Å². The molecule has 1 fully saturated rings. The van der Waals surface area contributed by atoms with E-state index in [1.165, 1.54) is 12.8 Å². The minimum absolute atomic E-state index is 0.123. The average molecular weight is 234 g/mol. The molecule has 1 aliphatic carbocycles. The zero-order chi connectivity index (χ0) is 12.5. The van der Waals surface area contributed by atoms with Crippen LogP contribution in [-0.2, 0) is 0 Å². The second kappa shape index (κ2) is 4.28. The van der Waals surface area contributed by atoms with Crippen LogP contribution in [-0.4, -0.2) is 19.6 Å². The number of nitrogens with two attached hydrogens (primary N) is 1. The zero-order valence-electron chi connectivity index (χ0n) is 10.2. The molecular weight excluding hydrogens is 216 g/mol. The van der Waals surface area contributed by atoms with Crippen LogP contribution in [0, 0.1) is 5.41 Å². The van der Waals surface area contributed by atoms with Gasteiger partial charge in [0.15, 0.2) is 0 Å². The molecule has 0 aliphatic heterocycles. The molecule has 0 radical (unpaired) electrons. The number of carbonyl (C=O) groups excluding carboxylic acids is 1. The Bertz CT molecular complexity index is 439. The summed E-state index contributed by atoms with van der Waals surface area (Å²) in [6, 6.07) is 5.07. The lowest BCUT2D eigenvalue weighted by molar-refractivity contribution is 0.0943. The number of ether oxygens (including phenoxy) is 1. The topological polar surface area (TPSA) is 64.3 Å². The van der Waals surface area contributed by atoms with Gasteiger partial charge in [-0.05, 0) is 36.5 Å². The average Bonchev–Trinajstić information content (AvgIpc) is 3.05. The van der Waals surface area contributed by atoms with Crippen LogP contribution in [0.4, 0.5) is 5.69 Å². The van der Waals surface area contributed by atoms with Gasteiger partial charge in [-0.25, -0.2) is 0 Å². The van der Waals surface area contributed by atoms with Gasteiger partial charge in [0.2, 0.25) is 0 Å². The lowest BCUT2D eigenvalue weighted by Gasteiger charge is -2.12. The van der Waals surface area contributed by atoms with E-state index in [0.717, 1.165) is 0 Å². The van der Waals surface area contributed by atoms with E-state index in [2.05, 4.69) is 12.2 Å². The van der Waals surface area contributed by atoms with Crippen LogP contribution in [0.2, 0.25) is 0 Å². The van der Waals surface area contributed by atoms with Gasteiger partial charge in [0.25, 0.3) is 5.91 Å². The van der Waals surface area contributed by atoms with Crippen LogP contribution in [0.5, 0.6) is 5.75 Å². The predicted molar refractivity (Wildman–Crippen MR) is 67.1 cm³/mol. The summed E-state index contributed by atoms with van der Waals surface area (Å²) in [4.78, 5) is 12.0. The Balaban J connectivity index is 2.09. The van der Waals surface area contributed by atoms with Gasteiger partial charge in [0.05, 0.1) is 12.7 Å². The van der Waals surface area contributed by atoms with Crippen molar-refractivity contribution in [2.75, 3.05) is 19.4 Å². The molecule has 0 aromatic heterocycles. The summed E-state index contributed by atoms with van der Waals surface area (Å²) in [6.07, 6.45) is 2.36. The summed E-state index contributed by atoms with van der Waals surface area (Å²) in [7, 11) is 1.55. The second-order valence-corrected chi connectivity index (χ2v) is 4.95. The molecule has 0 heterocycles. The highest BCUT2D eigenvalue weighted by atomic mass is 16.5. The summed E-state index contributed by atoms with van der Waals surface area (Å²) in [5.74, 6) is 0.430. The predicted octanol–water partition coefficient (Wildman–Crippen LogP) is 1.81. The van der Waals surface area contributed by atoms with Crippen molar-refractivity contribution in [1.82, 2.24) is 5.32 Å². The fourth-order valence-electron chi connectivity index (χ4n) is 1.68. The van der Waals surface area contributed by atoms with Crippen molar-refractivity contribution in [3.63, 3.8) is 0 Å². The lowest BCUT2D eigenvalue weighted by Crippen LogP contribution is -2.29. The summed E-state index contributed by atoms with van der Waals surface area (Å²) in [6.45, 7) is 2.88. The van der Waals surface area contributed by atoms with E-state index in [-0.39, 0.29) is 5.91 Å². The first kappa shape index (κ1) is 11.8. The number of hydrogen-bond acceptors (Lipinski definition) is 3. The van der Waals surface area contributed by atoms with E-state index in [0.29, 0.717) is 29.0 Å². The molecule has 1 aliphatic rings. The maximum absolute atomic E-state index is 12.0. The molecule has 17 heavy (non-hydrogen) atoms. The first-order chi connectivity index (χ1) is 8.04. The van der Waals surface area contributed by atoms with E-state index in [4.69, 9.17) is 10.5 Å². The molecule has 0 unspecified atom stereocenters. The highest BCUT2D eigenvalue weighted by Gasteiger charge is 2.37. The number of nitrogens with one attached hydrogen (secondary N) is 1. The van der Waals surface area contributed by atoms with E-state index in [1.54, 1.807) is 25.3 Å². The highest BCUT2D eigenvalue weighted by molar-refractivity contribution is 5.97. The van der Waals surface area contributed by atoms with Crippen molar-refractivity contribution in [2.24, 2.45) is 5.41 Å². The van der Waals surface area contributed by atoms with Gasteiger partial charge < -0.3 is 15.8 Å². The van der Waals surface area contributed by atoms with Gasteiger partial charge in [-0.15, -0.1) is 0 Å². The number of methoxy groups -OCH3 is 1. The Morgan fingerprint density at radius 1 is 1.53 bits per heavy atom. The Kier molecular flexibility index (Phi) is 2.96. The van der Waals surface area contributed by atoms with Crippen LogP contribution in [0.3, 0.4) is 0 Å². The molecule has 0 saturated heterocycles. The molecule has 0 bridgehead atoms. The summed E-state index contributed by atoms with van der Waals surface area (Å²) >= 11 is 0. The van der Waals surface area contributed by atoms with Crippen molar-refractivity contribution in [1.29, 1.82) is 0 Å². The molecule has 0 atom stereocenters. The number of hydrogen-bond donors (Lipinski definition) is 2. The first-order valence-corrected chi connectivity index (χ1v) is 5.76. The number of benzene rings is 1. The Morgan fingerprint density at radius 2 is 2.24 bits per heavy atom. The summed E-state index contributed by atoms with van der Waals surface area (Å²) < 4.78 is 5.15. The SMILES string of the molecule is COc1ccc(N)cc1C(=O)NCC1(C)CC1. The maximum Gasteiger partial charge on any atom is 0.255 e. The number of anilines is 1. The van der Waals surface area contributed by atoms with E-state index < -0.39 is 0 Å². The van der Waals surface area contributed by atoms with E-state index in [9.17, 15) is 4.79 Å². The molecule has 0 spiro atoms. The quantitative estimate of drug-likeness (QED) is 0.781. The molecule has 2 rings (SSSR count). The van der Waals surface area contributed by atoms with Crippen LogP contribution in [0.25, 0.3) is 0 Å². The van der Waals surface area contributed by atoms with Gasteiger partial charge in [-0.2, -0.15) is 0 Å². The van der Waals surface area contributed by atoms with Crippen molar-refractivity contribution >= 4 is 11.6 Å². The van der Waals surface area contributed by atoms with Gasteiger partial charge in [-0.1, -0.05) is 6.92 Å². The maximum atomic E-state index is 12.0. The first-order valence-electron chi connectivity index (χ1n) is 5.76. The molecule has 1 saturated carbocycles. The summed E-state index contributed by atoms with van der Waals surface area (Å²) in [5.41, 5.74) is 7.03.